The number of amides is 1. The fraction of sp³-hybridized carbons (Fsp3) is 0.550. The van der Waals surface area contributed by atoms with E-state index < -0.39 is 0 Å². The van der Waals surface area contributed by atoms with Gasteiger partial charge in [-0.25, -0.2) is 0 Å². The average Bonchev–Trinajstić information content (AvgIpc) is 3.01. The molecule has 0 saturated heterocycles. The Bertz CT molecular complexity index is 740. The summed E-state index contributed by atoms with van der Waals surface area (Å²) in [7, 11) is 4.14. The minimum atomic E-state index is -0.0875. The second kappa shape index (κ2) is 8.45. The predicted octanol–water partition coefficient (Wildman–Crippen LogP) is 2.33. The van der Waals surface area contributed by atoms with Gasteiger partial charge in [-0.15, -0.1) is 0 Å². The lowest BCUT2D eigenvalue weighted by molar-refractivity contribution is 0.0943. The summed E-state index contributed by atoms with van der Waals surface area (Å²) in [4.78, 5) is 19.2. The van der Waals surface area contributed by atoms with Crippen molar-refractivity contribution in [1.82, 2.24) is 25.0 Å². The van der Waals surface area contributed by atoms with Crippen LogP contribution in [-0.2, 0) is 26.4 Å². The number of likely N-dealkylation sites (N-methyl/N-ethyl adjacent to an activating group) is 1. The van der Waals surface area contributed by atoms with E-state index in [4.69, 9.17) is 0 Å². The number of nitrogens with one attached hydrogen (secondary N) is 1. The summed E-state index contributed by atoms with van der Waals surface area (Å²) < 4.78 is 1.89. The van der Waals surface area contributed by atoms with Gasteiger partial charge in [-0.2, -0.15) is 5.10 Å². The summed E-state index contributed by atoms with van der Waals surface area (Å²) in [5, 5.41) is 7.54. The molecule has 0 aromatic carbocycles. The average molecular weight is 355 g/mol. The molecule has 3 rings (SSSR count). The summed E-state index contributed by atoms with van der Waals surface area (Å²) in [6, 6.07) is 4.31. The number of carbonyl (C=O) groups excluding carboxylic acids is 1. The molecule has 2 heterocycles. The summed E-state index contributed by atoms with van der Waals surface area (Å²) in [5.41, 5.74) is 3.96. The molecule has 1 atom stereocenters. The van der Waals surface area contributed by atoms with Crippen molar-refractivity contribution < 1.29 is 4.79 Å². The number of fused-ring (bicyclic) bond motifs is 1. The number of hydrogen-bond donors (Lipinski definition) is 1. The Morgan fingerprint density at radius 1 is 1.38 bits per heavy atom. The minimum Gasteiger partial charge on any atom is -0.347 e. The predicted molar refractivity (Wildman–Crippen MR) is 102 cm³/mol. The quantitative estimate of drug-likeness (QED) is 0.828. The van der Waals surface area contributed by atoms with Crippen LogP contribution in [0, 0.1) is 0 Å². The van der Waals surface area contributed by atoms with E-state index in [0.717, 1.165) is 36.9 Å². The van der Waals surface area contributed by atoms with Gasteiger partial charge in [-0.1, -0.05) is 13.3 Å². The Morgan fingerprint density at radius 3 is 2.88 bits per heavy atom. The van der Waals surface area contributed by atoms with Crippen molar-refractivity contribution in [2.45, 2.75) is 51.6 Å². The SMILES string of the molecule is CCCCN(C)C1CCc2c(c(C(=O)NCc3ccncc3)nn2C)C1. The highest BCUT2D eigenvalue weighted by atomic mass is 16.1. The first-order valence-electron chi connectivity index (χ1n) is 9.52. The first-order chi connectivity index (χ1) is 12.6. The summed E-state index contributed by atoms with van der Waals surface area (Å²) >= 11 is 0. The van der Waals surface area contributed by atoms with Gasteiger partial charge in [0.2, 0.25) is 0 Å². The Kier molecular flexibility index (Phi) is 6.04. The van der Waals surface area contributed by atoms with Crippen molar-refractivity contribution in [1.29, 1.82) is 0 Å². The molecule has 2 aromatic heterocycles. The maximum absolute atomic E-state index is 12.7. The van der Waals surface area contributed by atoms with E-state index in [1.807, 2.05) is 23.9 Å². The van der Waals surface area contributed by atoms with E-state index in [1.165, 1.54) is 18.5 Å². The van der Waals surface area contributed by atoms with Crippen LogP contribution in [0.5, 0.6) is 0 Å². The highest BCUT2D eigenvalue weighted by Crippen LogP contribution is 2.27. The molecule has 0 aliphatic heterocycles. The first-order valence-corrected chi connectivity index (χ1v) is 9.52. The molecular formula is C20H29N5O. The third kappa shape index (κ3) is 4.12. The third-order valence-electron chi connectivity index (χ3n) is 5.33. The Balaban J connectivity index is 1.70. The van der Waals surface area contributed by atoms with Crippen LogP contribution in [0.15, 0.2) is 24.5 Å². The molecule has 26 heavy (non-hydrogen) atoms. The second-order valence-corrected chi connectivity index (χ2v) is 7.17. The molecule has 0 saturated carbocycles. The monoisotopic (exact) mass is 355 g/mol. The molecular weight excluding hydrogens is 326 g/mol. The molecule has 1 unspecified atom stereocenters. The van der Waals surface area contributed by atoms with Crippen LogP contribution in [-0.4, -0.2) is 45.2 Å². The van der Waals surface area contributed by atoms with E-state index in [-0.39, 0.29) is 5.91 Å². The number of rotatable bonds is 7. The second-order valence-electron chi connectivity index (χ2n) is 7.17. The van der Waals surface area contributed by atoms with Gasteiger partial charge >= 0.3 is 0 Å². The molecule has 0 spiro atoms. The summed E-state index contributed by atoms with van der Waals surface area (Å²) in [6.07, 6.45) is 8.91. The molecule has 0 radical (unpaired) electrons. The van der Waals surface area contributed by atoms with Gasteiger partial charge in [0, 0.05) is 43.3 Å². The summed E-state index contributed by atoms with van der Waals surface area (Å²) in [5.74, 6) is -0.0875. The number of nitrogens with zero attached hydrogens (tertiary/aromatic N) is 4. The largest absolute Gasteiger partial charge is 0.347 e. The van der Waals surface area contributed by atoms with E-state index in [0.29, 0.717) is 18.3 Å². The lowest BCUT2D eigenvalue weighted by Crippen LogP contribution is -2.37. The smallest absolute Gasteiger partial charge is 0.272 e. The van der Waals surface area contributed by atoms with Crippen LogP contribution in [0.4, 0.5) is 0 Å². The molecule has 1 amide bonds. The molecule has 0 bridgehead atoms. The van der Waals surface area contributed by atoms with Crippen molar-refractivity contribution in [3.63, 3.8) is 0 Å². The van der Waals surface area contributed by atoms with Crippen LogP contribution < -0.4 is 5.32 Å². The number of aromatic nitrogens is 3. The van der Waals surface area contributed by atoms with Crippen molar-refractivity contribution in [3.8, 4) is 0 Å². The number of aryl methyl sites for hydroxylation is 1. The summed E-state index contributed by atoms with van der Waals surface area (Å²) in [6.45, 7) is 3.83. The third-order valence-corrected chi connectivity index (χ3v) is 5.33. The maximum atomic E-state index is 12.7. The van der Waals surface area contributed by atoms with E-state index >= 15 is 0 Å². The number of hydrogen-bond acceptors (Lipinski definition) is 4. The van der Waals surface area contributed by atoms with Gasteiger partial charge in [0.05, 0.1) is 0 Å². The van der Waals surface area contributed by atoms with Crippen LogP contribution in [0.3, 0.4) is 0 Å². The lowest BCUT2D eigenvalue weighted by Gasteiger charge is -2.31. The van der Waals surface area contributed by atoms with E-state index in [1.54, 1.807) is 12.4 Å². The zero-order valence-electron chi connectivity index (χ0n) is 16.0. The van der Waals surface area contributed by atoms with E-state index in [2.05, 4.69) is 34.3 Å². The number of unbranched alkanes of at least 4 members (excludes halogenated alkanes) is 1. The number of pyridine rings is 1. The Hall–Kier alpha value is -2.21. The van der Waals surface area contributed by atoms with Gasteiger partial charge in [-0.05, 0) is 57.0 Å². The van der Waals surface area contributed by atoms with Crippen LogP contribution in [0.1, 0.15) is 53.5 Å². The topological polar surface area (TPSA) is 63.1 Å². The minimum absolute atomic E-state index is 0.0875. The molecule has 1 aliphatic rings. The molecule has 1 aliphatic carbocycles. The van der Waals surface area contributed by atoms with Crippen LogP contribution in [0.2, 0.25) is 0 Å². The Morgan fingerprint density at radius 2 is 2.15 bits per heavy atom. The van der Waals surface area contributed by atoms with Crippen molar-refractivity contribution in [2.75, 3.05) is 13.6 Å². The molecule has 6 nitrogen and oxygen atoms in total. The van der Waals surface area contributed by atoms with Crippen LogP contribution >= 0.6 is 0 Å². The Labute approximate surface area is 155 Å². The lowest BCUT2D eigenvalue weighted by atomic mass is 9.90. The normalized spacial score (nSPS) is 16.5. The van der Waals surface area contributed by atoms with Gasteiger partial charge in [-0.3, -0.25) is 14.5 Å². The zero-order valence-corrected chi connectivity index (χ0v) is 16.0. The van der Waals surface area contributed by atoms with E-state index in [9.17, 15) is 4.79 Å². The molecule has 140 valence electrons. The highest BCUT2D eigenvalue weighted by molar-refractivity contribution is 5.94. The molecule has 1 N–H and O–H groups in total. The van der Waals surface area contributed by atoms with Gasteiger partial charge in [0.25, 0.3) is 5.91 Å². The highest BCUT2D eigenvalue weighted by Gasteiger charge is 2.29. The van der Waals surface area contributed by atoms with Crippen molar-refractivity contribution in [3.05, 3.63) is 47.0 Å². The molecule has 0 fully saturated rings. The van der Waals surface area contributed by atoms with Gasteiger partial charge in [0.1, 0.15) is 0 Å². The van der Waals surface area contributed by atoms with Gasteiger partial charge in [0.15, 0.2) is 5.69 Å². The first kappa shape index (κ1) is 18.6. The van der Waals surface area contributed by atoms with Gasteiger partial charge < -0.3 is 10.2 Å². The van der Waals surface area contributed by atoms with Crippen molar-refractivity contribution >= 4 is 5.91 Å². The fourth-order valence-electron chi connectivity index (χ4n) is 3.69. The van der Waals surface area contributed by atoms with Crippen LogP contribution in [0.25, 0.3) is 0 Å². The van der Waals surface area contributed by atoms with Crippen molar-refractivity contribution in [2.24, 2.45) is 7.05 Å². The number of carbonyl (C=O) groups is 1. The fourth-order valence-corrected chi connectivity index (χ4v) is 3.69. The molecule has 6 heteroatoms. The zero-order chi connectivity index (χ0) is 18.5. The maximum Gasteiger partial charge on any atom is 0.272 e. The standard InChI is InChI=1S/C20H29N5O/c1-4-5-12-24(2)16-6-7-18-17(13-16)19(23-25(18)3)20(26)22-14-15-8-10-21-11-9-15/h8-11,16H,4-7,12-14H2,1-3H3,(H,22,26). The molecule has 2 aromatic rings.